The molecular weight excluding hydrogens is 467 g/mol. The standard InChI is InChI=1S/C24H16F3N3O5/c25-24(26,27)14-7-6-10-16(13-14)28-22(31)19-20(17-11-4-5-12-18(17)30(33)34)29(35-21(19)23(28)32)15-8-2-1-3-9-15/h1-13,19-21H/t19-,20-,21+/m0/s1. The number of alkyl halides is 3. The molecule has 2 aliphatic rings. The Labute approximate surface area is 196 Å². The van der Waals surface area contributed by atoms with Crippen molar-refractivity contribution in [2.75, 3.05) is 9.96 Å². The Morgan fingerprint density at radius 2 is 1.51 bits per heavy atom. The summed E-state index contributed by atoms with van der Waals surface area (Å²) in [6.07, 6.45) is -6.05. The predicted octanol–water partition coefficient (Wildman–Crippen LogP) is 4.66. The van der Waals surface area contributed by atoms with Crippen molar-refractivity contribution < 1.29 is 32.5 Å². The molecule has 0 aliphatic carbocycles. The normalized spacial score (nSPS) is 22.0. The zero-order valence-corrected chi connectivity index (χ0v) is 17.8. The lowest BCUT2D eigenvalue weighted by Crippen LogP contribution is -2.37. The number of carbonyl (C=O) groups excluding carboxylic acids is 2. The molecule has 0 spiro atoms. The first-order valence-corrected chi connectivity index (χ1v) is 10.5. The number of nitro groups is 1. The van der Waals surface area contributed by atoms with Crippen molar-refractivity contribution >= 4 is 28.9 Å². The number of benzene rings is 3. The van der Waals surface area contributed by atoms with E-state index in [1.807, 2.05) is 0 Å². The minimum absolute atomic E-state index is 0.140. The number of hydroxylamine groups is 1. The van der Waals surface area contributed by atoms with Crippen molar-refractivity contribution in [2.24, 2.45) is 5.92 Å². The lowest BCUT2D eigenvalue weighted by atomic mass is 9.89. The number of fused-ring (bicyclic) bond motifs is 1. The van der Waals surface area contributed by atoms with Crippen LogP contribution in [-0.2, 0) is 20.6 Å². The Morgan fingerprint density at radius 3 is 2.20 bits per heavy atom. The van der Waals surface area contributed by atoms with Crippen molar-refractivity contribution in [3.8, 4) is 0 Å². The van der Waals surface area contributed by atoms with Crippen LogP contribution in [0.1, 0.15) is 17.2 Å². The fourth-order valence-electron chi connectivity index (χ4n) is 4.51. The smallest absolute Gasteiger partial charge is 0.273 e. The van der Waals surface area contributed by atoms with Crippen LogP contribution in [0.25, 0.3) is 0 Å². The van der Waals surface area contributed by atoms with Gasteiger partial charge >= 0.3 is 6.18 Å². The van der Waals surface area contributed by atoms with Gasteiger partial charge in [-0.25, -0.2) is 9.96 Å². The zero-order chi connectivity index (χ0) is 24.9. The van der Waals surface area contributed by atoms with Crippen LogP contribution in [0.5, 0.6) is 0 Å². The van der Waals surface area contributed by atoms with Crippen LogP contribution in [0, 0.1) is 16.0 Å². The first-order valence-electron chi connectivity index (χ1n) is 10.5. The highest BCUT2D eigenvalue weighted by Gasteiger charge is 2.61. The number of anilines is 2. The molecule has 8 nitrogen and oxygen atoms in total. The average Bonchev–Trinajstić information content (AvgIpc) is 3.35. The molecule has 35 heavy (non-hydrogen) atoms. The molecule has 2 saturated heterocycles. The molecule has 0 N–H and O–H groups in total. The summed E-state index contributed by atoms with van der Waals surface area (Å²) in [5.41, 5.74) is -0.951. The molecule has 178 valence electrons. The summed E-state index contributed by atoms with van der Waals surface area (Å²) in [5, 5.41) is 13.0. The van der Waals surface area contributed by atoms with Crippen molar-refractivity contribution in [3.05, 3.63) is 100 Å². The SMILES string of the molecule is O=C1[C@@H]2[C@@H](ON(c3ccccc3)[C@H]2c2ccccc2[N+](=O)[O-])C(=O)N1c1cccc(C(F)(F)F)c1. The number of amides is 2. The van der Waals surface area contributed by atoms with Crippen LogP contribution in [-0.4, -0.2) is 22.8 Å². The van der Waals surface area contributed by atoms with E-state index in [0.717, 1.165) is 12.1 Å². The van der Waals surface area contributed by atoms with Gasteiger partial charge in [0, 0.05) is 6.07 Å². The first kappa shape index (κ1) is 22.5. The maximum atomic E-state index is 13.5. The van der Waals surface area contributed by atoms with Crippen molar-refractivity contribution in [1.82, 2.24) is 0 Å². The molecule has 0 unspecified atom stereocenters. The molecule has 0 bridgehead atoms. The van der Waals surface area contributed by atoms with Gasteiger partial charge in [0.15, 0.2) is 6.10 Å². The van der Waals surface area contributed by atoms with E-state index < -0.39 is 46.5 Å². The number of hydrogen-bond acceptors (Lipinski definition) is 6. The third kappa shape index (κ3) is 3.69. The number of rotatable bonds is 4. The van der Waals surface area contributed by atoms with Gasteiger partial charge < -0.3 is 0 Å². The molecule has 0 aromatic heterocycles. The second kappa shape index (κ2) is 8.20. The summed E-state index contributed by atoms with van der Waals surface area (Å²) in [4.78, 5) is 44.5. The molecule has 3 atom stereocenters. The number of para-hydroxylation sites is 2. The van der Waals surface area contributed by atoms with E-state index in [1.165, 1.54) is 29.3 Å². The quantitative estimate of drug-likeness (QED) is 0.304. The summed E-state index contributed by atoms with van der Waals surface area (Å²) < 4.78 is 39.7. The summed E-state index contributed by atoms with van der Waals surface area (Å²) in [6, 6.07) is 17.0. The van der Waals surface area contributed by atoms with Gasteiger partial charge in [-0.05, 0) is 36.4 Å². The third-order valence-corrected chi connectivity index (χ3v) is 6.01. The largest absolute Gasteiger partial charge is 0.416 e. The molecule has 2 heterocycles. The molecule has 2 amide bonds. The molecule has 0 radical (unpaired) electrons. The Bertz CT molecular complexity index is 1330. The number of hydrogen-bond donors (Lipinski definition) is 0. The molecule has 0 saturated carbocycles. The second-order valence-corrected chi connectivity index (χ2v) is 8.03. The first-order chi connectivity index (χ1) is 16.7. The number of halogens is 3. The zero-order valence-electron chi connectivity index (χ0n) is 17.8. The van der Waals surface area contributed by atoms with Gasteiger partial charge in [0.05, 0.1) is 27.4 Å². The molecule has 2 fully saturated rings. The van der Waals surface area contributed by atoms with Crippen LogP contribution in [0.3, 0.4) is 0 Å². The highest BCUT2D eigenvalue weighted by molar-refractivity contribution is 6.24. The predicted molar refractivity (Wildman–Crippen MR) is 117 cm³/mol. The lowest BCUT2D eigenvalue weighted by molar-refractivity contribution is -0.385. The monoisotopic (exact) mass is 483 g/mol. The Balaban J connectivity index is 1.62. The lowest BCUT2D eigenvalue weighted by Gasteiger charge is -2.28. The summed E-state index contributed by atoms with van der Waals surface area (Å²) >= 11 is 0. The average molecular weight is 483 g/mol. The molecule has 2 aliphatic heterocycles. The summed E-state index contributed by atoms with van der Waals surface area (Å²) in [6.45, 7) is 0. The van der Waals surface area contributed by atoms with Gasteiger partial charge in [0.2, 0.25) is 5.91 Å². The summed E-state index contributed by atoms with van der Waals surface area (Å²) in [5.74, 6) is -2.87. The molecule has 3 aromatic rings. The Kier molecular flexibility index (Phi) is 5.28. The van der Waals surface area contributed by atoms with Crippen LogP contribution < -0.4 is 9.96 Å². The Morgan fingerprint density at radius 1 is 0.857 bits per heavy atom. The Hall–Kier alpha value is -4.25. The van der Waals surface area contributed by atoms with Crippen molar-refractivity contribution in [3.63, 3.8) is 0 Å². The van der Waals surface area contributed by atoms with E-state index in [-0.39, 0.29) is 16.9 Å². The van der Waals surface area contributed by atoms with E-state index in [9.17, 15) is 32.9 Å². The van der Waals surface area contributed by atoms with Crippen LogP contribution in [0.15, 0.2) is 78.9 Å². The van der Waals surface area contributed by atoms with Gasteiger partial charge in [-0.2, -0.15) is 13.2 Å². The second-order valence-electron chi connectivity index (χ2n) is 8.03. The van der Waals surface area contributed by atoms with E-state index in [1.54, 1.807) is 36.4 Å². The van der Waals surface area contributed by atoms with Crippen LogP contribution >= 0.6 is 0 Å². The van der Waals surface area contributed by atoms with Gasteiger partial charge in [-0.1, -0.05) is 36.4 Å². The molecule has 11 heteroatoms. The van der Waals surface area contributed by atoms with Crippen molar-refractivity contribution in [2.45, 2.75) is 18.3 Å². The molecule has 3 aromatic carbocycles. The van der Waals surface area contributed by atoms with Gasteiger partial charge in [-0.3, -0.25) is 24.5 Å². The summed E-state index contributed by atoms with van der Waals surface area (Å²) in [7, 11) is 0. The third-order valence-electron chi connectivity index (χ3n) is 6.01. The van der Waals surface area contributed by atoms with E-state index >= 15 is 0 Å². The number of imide groups is 1. The fraction of sp³-hybridized carbons (Fsp3) is 0.167. The highest BCUT2D eigenvalue weighted by atomic mass is 19.4. The maximum absolute atomic E-state index is 13.5. The van der Waals surface area contributed by atoms with Gasteiger partial charge in [0.1, 0.15) is 12.0 Å². The van der Waals surface area contributed by atoms with E-state index in [0.29, 0.717) is 16.7 Å². The van der Waals surface area contributed by atoms with E-state index in [4.69, 9.17) is 4.84 Å². The maximum Gasteiger partial charge on any atom is 0.416 e. The number of nitrogens with zero attached hydrogens (tertiary/aromatic N) is 3. The molecule has 5 rings (SSSR count). The molecular formula is C24H16F3N3O5. The number of nitro benzene ring substituents is 1. The minimum Gasteiger partial charge on any atom is -0.273 e. The highest BCUT2D eigenvalue weighted by Crippen LogP contribution is 2.49. The van der Waals surface area contributed by atoms with Crippen LogP contribution in [0.4, 0.5) is 30.2 Å². The topological polar surface area (TPSA) is 93.0 Å². The van der Waals surface area contributed by atoms with Gasteiger partial charge in [-0.15, -0.1) is 0 Å². The minimum atomic E-state index is -4.68. The number of carbonyl (C=O) groups is 2. The van der Waals surface area contributed by atoms with Gasteiger partial charge in [0.25, 0.3) is 11.6 Å². The fourth-order valence-corrected chi connectivity index (χ4v) is 4.51. The van der Waals surface area contributed by atoms with Crippen LogP contribution in [0.2, 0.25) is 0 Å². The van der Waals surface area contributed by atoms with E-state index in [2.05, 4.69) is 0 Å². The van der Waals surface area contributed by atoms with Crippen molar-refractivity contribution in [1.29, 1.82) is 0 Å².